The van der Waals surface area contributed by atoms with Gasteiger partial charge >= 0.3 is 0 Å². The van der Waals surface area contributed by atoms with Crippen LogP contribution >= 0.6 is 11.6 Å². The first kappa shape index (κ1) is 18.3. The third-order valence-electron chi connectivity index (χ3n) is 4.67. The van der Waals surface area contributed by atoms with E-state index in [1.807, 2.05) is 60.4 Å². The minimum absolute atomic E-state index is 0.0640. The summed E-state index contributed by atoms with van der Waals surface area (Å²) in [6.07, 6.45) is 1.72. The van der Waals surface area contributed by atoms with Crippen LogP contribution in [-0.2, 0) is 4.79 Å². The molecular formula is C21H23ClN2O2. The lowest BCUT2D eigenvalue weighted by Gasteiger charge is -2.35. The molecule has 0 spiro atoms. The van der Waals surface area contributed by atoms with Gasteiger partial charge in [-0.25, -0.2) is 0 Å². The molecule has 1 aliphatic rings. The molecule has 2 aromatic carbocycles. The summed E-state index contributed by atoms with van der Waals surface area (Å²) in [4.78, 5) is 16.8. The van der Waals surface area contributed by atoms with Gasteiger partial charge in [0.2, 0.25) is 5.91 Å². The maximum atomic E-state index is 12.6. The van der Waals surface area contributed by atoms with Crippen molar-refractivity contribution in [3.8, 4) is 5.75 Å². The molecule has 0 aromatic heterocycles. The molecule has 0 bridgehead atoms. The van der Waals surface area contributed by atoms with Crippen molar-refractivity contribution in [3.63, 3.8) is 0 Å². The van der Waals surface area contributed by atoms with Crippen LogP contribution < -0.4 is 9.64 Å². The van der Waals surface area contributed by atoms with Gasteiger partial charge in [-0.3, -0.25) is 4.79 Å². The number of hydrogen-bond donors (Lipinski definition) is 0. The molecule has 3 rings (SSSR count). The summed E-state index contributed by atoms with van der Waals surface area (Å²) in [5, 5.41) is 0.738. The number of halogens is 1. The van der Waals surface area contributed by atoms with Gasteiger partial charge in [-0.05, 0) is 54.5 Å². The summed E-state index contributed by atoms with van der Waals surface area (Å²) < 4.78 is 5.17. The number of anilines is 1. The van der Waals surface area contributed by atoms with E-state index in [9.17, 15) is 4.79 Å². The smallest absolute Gasteiger partial charge is 0.246 e. The number of allylic oxidation sites excluding steroid dienone is 1. The Labute approximate surface area is 159 Å². The van der Waals surface area contributed by atoms with Gasteiger partial charge in [0, 0.05) is 43.0 Å². The Hall–Kier alpha value is -2.46. The number of hydrogen-bond acceptors (Lipinski definition) is 3. The molecule has 26 heavy (non-hydrogen) atoms. The zero-order valence-corrected chi connectivity index (χ0v) is 15.9. The maximum Gasteiger partial charge on any atom is 0.246 e. The van der Waals surface area contributed by atoms with Crippen molar-refractivity contribution in [2.45, 2.75) is 6.92 Å². The highest BCUT2D eigenvalue weighted by Gasteiger charge is 2.20. The average Bonchev–Trinajstić information content (AvgIpc) is 2.68. The van der Waals surface area contributed by atoms with E-state index in [2.05, 4.69) is 4.90 Å². The second-order valence-electron chi connectivity index (χ2n) is 6.34. The number of rotatable bonds is 4. The lowest BCUT2D eigenvalue weighted by atomic mass is 10.1. The molecule has 0 radical (unpaired) electrons. The van der Waals surface area contributed by atoms with E-state index in [-0.39, 0.29) is 5.91 Å². The van der Waals surface area contributed by atoms with E-state index < -0.39 is 0 Å². The van der Waals surface area contributed by atoms with Gasteiger partial charge in [-0.15, -0.1) is 0 Å². The van der Waals surface area contributed by atoms with Gasteiger partial charge in [0.25, 0.3) is 0 Å². The van der Waals surface area contributed by atoms with Gasteiger partial charge in [-0.1, -0.05) is 23.7 Å². The normalized spacial score (nSPS) is 15.1. The Morgan fingerprint density at radius 2 is 1.62 bits per heavy atom. The van der Waals surface area contributed by atoms with Crippen molar-refractivity contribution in [2.75, 3.05) is 38.2 Å². The molecule has 0 aliphatic carbocycles. The lowest BCUT2D eigenvalue weighted by molar-refractivity contribution is -0.126. The topological polar surface area (TPSA) is 32.8 Å². The highest BCUT2D eigenvalue weighted by molar-refractivity contribution is 6.30. The Balaban J connectivity index is 1.59. The second kappa shape index (κ2) is 8.28. The summed E-state index contributed by atoms with van der Waals surface area (Å²) in [6, 6.07) is 15.6. The number of methoxy groups -OCH3 is 1. The fraction of sp³-hybridized carbons (Fsp3) is 0.286. The van der Waals surface area contributed by atoms with Crippen molar-refractivity contribution in [3.05, 3.63) is 65.2 Å². The van der Waals surface area contributed by atoms with Gasteiger partial charge in [0.1, 0.15) is 5.75 Å². The number of piperazine rings is 1. The first-order valence-corrected chi connectivity index (χ1v) is 9.07. The summed E-state index contributed by atoms with van der Waals surface area (Å²) in [7, 11) is 1.64. The van der Waals surface area contributed by atoms with Gasteiger partial charge in [0.05, 0.1) is 7.11 Å². The zero-order valence-electron chi connectivity index (χ0n) is 15.1. The van der Waals surface area contributed by atoms with Crippen LogP contribution in [0, 0.1) is 0 Å². The van der Waals surface area contributed by atoms with Crippen molar-refractivity contribution in [2.24, 2.45) is 0 Å². The molecule has 4 nitrogen and oxygen atoms in total. The molecule has 1 aliphatic heterocycles. The third kappa shape index (κ3) is 4.38. The van der Waals surface area contributed by atoms with E-state index in [1.54, 1.807) is 13.2 Å². The van der Waals surface area contributed by atoms with Crippen LogP contribution in [0.4, 0.5) is 5.69 Å². The molecular weight excluding hydrogens is 348 g/mol. The molecule has 136 valence electrons. The van der Waals surface area contributed by atoms with E-state index in [4.69, 9.17) is 16.3 Å². The molecule has 1 saturated heterocycles. The van der Waals surface area contributed by atoms with Gasteiger partial charge in [-0.2, -0.15) is 0 Å². The third-order valence-corrected chi connectivity index (χ3v) is 4.92. The van der Waals surface area contributed by atoms with E-state index in [0.717, 1.165) is 40.7 Å². The maximum absolute atomic E-state index is 12.6. The molecule has 2 aromatic rings. The molecule has 1 amide bonds. The molecule has 1 heterocycles. The second-order valence-corrected chi connectivity index (χ2v) is 6.78. The van der Waals surface area contributed by atoms with Crippen molar-refractivity contribution < 1.29 is 9.53 Å². The SMILES string of the molecule is COc1ccc(/C(C)=C/C(=O)N2CCN(c3ccc(Cl)cc3)CC2)cc1. The Morgan fingerprint density at radius 3 is 2.19 bits per heavy atom. The summed E-state index contributed by atoms with van der Waals surface area (Å²) in [6.45, 7) is 5.04. The van der Waals surface area contributed by atoms with Crippen LogP contribution in [0.2, 0.25) is 5.02 Å². The van der Waals surface area contributed by atoms with E-state index >= 15 is 0 Å². The van der Waals surface area contributed by atoms with Crippen LogP contribution in [0.1, 0.15) is 12.5 Å². The first-order valence-electron chi connectivity index (χ1n) is 8.69. The number of amides is 1. The Morgan fingerprint density at radius 1 is 1.00 bits per heavy atom. The number of benzene rings is 2. The van der Waals surface area contributed by atoms with Crippen LogP contribution in [0.5, 0.6) is 5.75 Å². The highest BCUT2D eigenvalue weighted by atomic mass is 35.5. The Kier molecular flexibility index (Phi) is 5.84. The fourth-order valence-electron chi connectivity index (χ4n) is 3.05. The van der Waals surface area contributed by atoms with Crippen LogP contribution in [0.25, 0.3) is 5.57 Å². The van der Waals surface area contributed by atoms with Crippen LogP contribution in [0.3, 0.4) is 0 Å². The van der Waals surface area contributed by atoms with Crippen molar-refractivity contribution >= 4 is 28.8 Å². The monoisotopic (exact) mass is 370 g/mol. The number of nitrogens with zero attached hydrogens (tertiary/aromatic N) is 2. The minimum atomic E-state index is 0.0640. The molecule has 0 unspecified atom stereocenters. The molecule has 1 fully saturated rings. The molecule has 5 heteroatoms. The van der Waals surface area contributed by atoms with Crippen LogP contribution in [0.15, 0.2) is 54.6 Å². The van der Waals surface area contributed by atoms with Crippen molar-refractivity contribution in [1.29, 1.82) is 0 Å². The average molecular weight is 371 g/mol. The number of carbonyl (C=O) groups excluding carboxylic acids is 1. The predicted molar refractivity (Wildman–Crippen MR) is 107 cm³/mol. The summed E-state index contributed by atoms with van der Waals surface area (Å²) >= 11 is 5.95. The number of carbonyl (C=O) groups is 1. The standard InChI is InChI=1S/C21H23ClN2O2/c1-16(17-3-9-20(26-2)10-4-17)15-21(25)24-13-11-23(12-14-24)19-7-5-18(22)6-8-19/h3-10,15H,11-14H2,1-2H3/b16-15+. The summed E-state index contributed by atoms with van der Waals surface area (Å²) in [5.41, 5.74) is 3.13. The molecule has 0 saturated carbocycles. The largest absolute Gasteiger partial charge is 0.497 e. The number of ether oxygens (including phenoxy) is 1. The molecule has 0 N–H and O–H groups in total. The fourth-order valence-corrected chi connectivity index (χ4v) is 3.18. The van der Waals surface area contributed by atoms with Crippen LogP contribution in [-0.4, -0.2) is 44.1 Å². The van der Waals surface area contributed by atoms with Gasteiger partial charge < -0.3 is 14.5 Å². The lowest BCUT2D eigenvalue weighted by Crippen LogP contribution is -2.48. The molecule has 0 atom stereocenters. The zero-order chi connectivity index (χ0) is 18.5. The first-order chi connectivity index (χ1) is 12.6. The van der Waals surface area contributed by atoms with Gasteiger partial charge in [0.15, 0.2) is 0 Å². The predicted octanol–water partition coefficient (Wildman–Crippen LogP) is 4.10. The highest BCUT2D eigenvalue weighted by Crippen LogP contribution is 2.21. The quantitative estimate of drug-likeness (QED) is 0.759. The Bertz CT molecular complexity index is 777. The van der Waals surface area contributed by atoms with Crippen molar-refractivity contribution in [1.82, 2.24) is 4.90 Å². The summed E-state index contributed by atoms with van der Waals surface area (Å²) in [5.74, 6) is 0.875. The van der Waals surface area contributed by atoms with E-state index in [0.29, 0.717) is 13.1 Å². The minimum Gasteiger partial charge on any atom is -0.497 e. The van der Waals surface area contributed by atoms with E-state index in [1.165, 1.54) is 0 Å².